The quantitative estimate of drug-likeness (QED) is 0.553. The summed E-state index contributed by atoms with van der Waals surface area (Å²) in [7, 11) is 0. The Kier molecular flexibility index (Phi) is 4.85. The summed E-state index contributed by atoms with van der Waals surface area (Å²) in [4.78, 5) is 11.3. The number of carbonyl (C=O) groups is 1. The third-order valence-corrected chi connectivity index (χ3v) is 4.80. The van der Waals surface area contributed by atoms with Gasteiger partial charge in [0.15, 0.2) is 0 Å². The molecule has 0 amide bonds. The van der Waals surface area contributed by atoms with E-state index in [0.29, 0.717) is 17.9 Å². The minimum Gasteiger partial charge on any atom is -0.463 e. The SMILES string of the molecule is CCOC(=O)/C=C/C1CCC2(CCCCC2)CC1. The van der Waals surface area contributed by atoms with Crippen molar-refractivity contribution in [3.05, 3.63) is 12.2 Å². The van der Waals surface area contributed by atoms with Crippen LogP contribution in [0, 0.1) is 11.3 Å². The molecular formula is C16H26O2. The van der Waals surface area contributed by atoms with Crippen molar-refractivity contribution < 1.29 is 9.53 Å². The van der Waals surface area contributed by atoms with Gasteiger partial charge in [-0.05, 0) is 56.8 Å². The van der Waals surface area contributed by atoms with E-state index in [2.05, 4.69) is 6.08 Å². The lowest BCUT2D eigenvalue weighted by Crippen LogP contribution is -2.29. The fourth-order valence-electron chi connectivity index (χ4n) is 3.65. The first kappa shape index (κ1) is 13.6. The average Bonchev–Trinajstić information content (AvgIpc) is 2.40. The van der Waals surface area contributed by atoms with Crippen molar-refractivity contribution in [2.75, 3.05) is 6.61 Å². The van der Waals surface area contributed by atoms with Crippen LogP contribution in [0.25, 0.3) is 0 Å². The molecule has 2 nitrogen and oxygen atoms in total. The van der Waals surface area contributed by atoms with Crippen molar-refractivity contribution in [2.24, 2.45) is 11.3 Å². The molecular weight excluding hydrogens is 224 g/mol. The molecule has 0 atom stereocenters. The molecule has 0 bridgehead atoms. The number of rotatable bonds is 3. The molecule has 0 N–H and O–H groups in total. The number of allylic oxidation sites excluding steroid dienone is 1. The topological polar surface area (TPSA) is 26.3 Å². The molecule has 0 radical (unpaired) electrons. The molecule has 2 heteroatoms. The van der Waals surface area contributed by atoms with E-state index in [9.17, 15) is 4.79 Å². The van der Waals surface area contributed by atoms with Gasteiger partial charge >= 0.3 is 5.97 Å². The van der Waals surface area contributed by atoms with Gasteiger partial charge in [0.25, 0.3) is 0 Å². The van der Waals surface area contributed by atoms with Gasteiger partial charge in [0.2, 0.25) is 0 Å². The van der Waals surface area contributed by atoms with Crippen LogP contribution < -0.4 is 0 Å². The Bertz CT molecular complexity index is 290. The van der Waals surface area contributed by atoms with E-state index < -0.39 is 0 Å². The van der Waals surface area contributed by atoms with Crippen molar-refractivity contribution in [1.82, 2.24) is 0 Å². The summed E-state index contributed by atoms with van der Waals surface area (Å²) in [6, 6.07) is 0. The zero-order valence-electron chi connectivity index (χ0n) is 11.6. The monoisotopic (exact) mass is 250 g/mol. The molecule has 1 spiro atoms. The smallest absolute Gasteiger partial charge is 0.330 e. The van der Waals surface area contributed by atoms with Crippen LogP contribution >= 0.6 is 0 Å². The second-order valence-electron chi connectivity index (χ2n) is 6.01. The molecule has 2 aliphatic carbocycles. The van der Waals surface area contributed by atoms with Crippen LogP contribution in [0.4, 0.5) is 0 Å². The predicted octanol–water partition coefficient (Wildman–Crippen LogP) is 4.25. The number of hydrogen-bond donors (Lipinski definition) is 0. The fraction of sp³-hybridized carbons (Fsp3) is 0.812. The summed E-state index contributed by atoms with van der Waals surface area (Å²) in [5.41, 5.74) is 0.673. The molecule has 0 heterocycles. The van der Waals surface area contributed by atoms with Crippen molar-refractivity contribution in [2.45, 2.75) is 64.7 Å². The first-order valence-corrected chi connectivity index (χ1v) is 7.59. The lowest BCUT2D eigenvalue weighted by molar-refractivity contribution is -0.137. The van der Waals surface area contributed by atoms with Gasteiger partial charge in [-0.3, -0.25) is 0 Å². The van der Waals surface area contributed by atoms with Gasteiger partial charge in [-0.2, -0.15) is 0 Å². The van der Waals surface area contributed by atoms with E-state index in [1.54, 1.807) is 6.08 Å². The number of ether oxygens (including phenoxy) is 1. The molecule has 0 aromatic carbocycles. The Labute approximate surface area is 111 Å². The number of esters is 1. The average molecular weight is 250 g/mol. The summed E-state index contributed by atoms with van der Waals surface area (Å²) in [6.07, 6.45) is 16.2. The molecule has 102 valence electrons. The molecule has 0 aliphatic heterocycles. The van der Waals surface area contributed by atoms with E-state index >= 15 is 0 Å². The van der Waals surface area contributed by atoms with Crippen LogP contribution in [0.15, 0.2) is 12.2 Å². The summed E-state index contributed by atoms with van der Waals surface area (Å²) in [5, 5.41) is 0. The fourth-order valence-corrected chi connectivity index (χ4v) is 3.65. The number of hydrogen-bond acceptors (Lipinski definition) is 2. The van der Waals surface area contributed by atoms with Crippen LogP contribution in [0.1, 0.15) is 64.7 Å². The highest BCUT2D eigenvalue weighted by Gasteiger charge is 2.35. The van der Waals surface area contributed by atoms with Crippen LogP contribution in [-0.4, -0.2) is 12.6 Å². The van der Waals surface area contributed by atoms with Gasteiger partial charge in [-0.15, -0.1) is 0 Å². The highest BCUT2D eigenvalue weighted by molar-refractivity contribution is 5.81. The Morgan fingerprint density at radius 3 is 2.44 bits per heavy atom. The Morgan fingerprint density at radius 1 is 1.17 bits per heavy atom. The van der Waals surface area contributed by atoms with Gasteiger partial charge in [-0.1, -0.05) is 25.3 Å². The summed E-state index contributed by atoms with van der Waals surface area (Å²) >= 11 is 0. The van der Waals surface area contributed by atoms with Gasteiger partial charge in [0.1, 0.15) is 0 Å². The maximum absolute atomic E-state index is 11.3. The highest BCUT2D eigenvalue weighted by Crippen LogP contribution is 2.48. The highest BCUT2D eigenvalue weighted by atomic mass is 16.5. The van der Waals surface area contributed by atoms with Crippen LogP contribution in [0.3, 0.4) is 0 Å². The third-order valence-electron chi connectivity index (χ3n) is 4.80. The van der Waals surface area contributed by atoms with E-state index in [0.717, 1.165) is 0 Å². The second kappa shape index (κ2) is 6.40. The van der Waals surface area contributed by atoms with Gasteiger partial charge in [-0.25, -0.2) is 4.79 Å². The molecule has 2 saturated carbocycles. The zero-order valence-corrected chi connectivity index (χ0v) is 11.6. The second-order valence-corrected chi connectivity index (χ2v) is 6.01. The van der Waals surface area contributed by atoms with Crippen LogP contribution in [-0.2, 0) is 9.53 Å². The first-order valence-electron chi connectivity index (χ1n) is 7.59. The Hall–Kier alpha value is -0.790. The summed E-state index contributed by atoms with van der Waals surface area (Å²) < 4.78 is 4.92. The molecule has 2 aliphatic rings. The van der Waals surface area contributed by atoms with Crippen molar-refractivity contribution >= 4 is 5.97 Å². The summed E-state index contributed by atoms with van der Waals surface area (Å²) in [6.45, 7) is 2.32. The minimum absolute atomic E-state index is 0.185. The van der Waals surface area contributed by atoms with Crippen LogP contribution in [0.2, 0.25) is 0 Å². The molecule has 2 fully saturated rings. The lowest BCUT2D eigenvalue weighted by atomic mass is 9.63. The number of carbonyl (C=O) groups excluding carboxylic acids is 1. The molecule has 0 unspecified atom stereocenters. The maximum atomic E-state index is 11.3. The summed E-state index contributed by atoms with van der Waals surface area (Å²) in [5.74, 6) is 0.414. The Balaban J connectivity index is 1.77. The maximum Gasteiger partial charge on any atom is 0.330 e. The first-order chi connectivity index (χ1) is 8.74. The molecule has 0 saturated heterocycles. The normalized spacial score (nSPS) is 24.5. The third kappa shape index (κ3) is 3.60. The van der Waals surface area contributed by atoms with Crippen molar-refractivity contribution in [3.8, 4) is 0 Å². The molecule has 2 rings (SSSR count). The zero-order chi connectivity index (χ0) is 12.8. The van der Waals surface area contributed by atoms with Crippen LogP contribution in [0.5, 0.6) is 0 Å². The van der Waals surface area contributed by atoms with Crippen molar-refractivity contribution in [3.63, 3.8) is 0 Å². The minimum atomic E-state index is -0.185. The molecule has 0 aromatic heterocycles. The van der Waals surface area contributed by atoms with Gasteiger partial charge in [0.05, 0.1) is 6.61 Å². The molecule has 0 aromatic rings. The van der Waals surface area contributed by atoms with Gasteiger partial charge in [0, 0.05) is 6.08 Å². The predicted molar refractivity (Wildman–Crippen MR) is 73.2 cm³/mol. The van der Waals surface area contributed by atoms with E-state index in [1.807, 2.05) is 6.92 Å². The standard InChI is InChI=1S/C16H26O2/c1-2-18-15(17)7-6-14-8-12-16(13-9-14)10-4-3-5-11-16/h6-7,14H,2-5,8-13H2,1H3/b7-6+. The molecule has 18 heavy (non-hydrogen) atoms. The van der Waals surface area contributed by atoms with Crippen molar-refractivity contribution in [1.29, 1.82) is 0 Å². The Morgan fingerprint density at radius 2 is 1.83 bits per heavy atom. The van der Waals surface area contributed by atoms with E-state index in [-0.39, 0.29) is 5.97 Å². The largest absolute Gasteiger partial charge is 0.463 e. The van der Waals surface area contributed by atoms with E-state index in [1.165, 1.54) is 57.8 Å². The van der Waals surface area contributed by atoms with Gasteiger partial charge < -0.3 is 4.74 Å². The van der Waals surface area contributed by atoms with E-state index in [4.69, 9.17) is 4.74 Å². The lowest BCUT2D eigenvalue weighted by Gasteiger charge is -2.42.